The first kappa shape index (κ1) is 9.96. The maximum absolute atomic E-state index is 8.54. The highest BCUT2D eigenvalue weighted by atomic mass is 16.6. The van der Waals surface area contributed by atoms with Gasteiger partial charge in [-0.2, -0.15) is 0 Å². The molecule has 2 N–H and O–H groups in total. The van der Waals surface area contributed by atoms with E-state index in [1.807, 2.05) is 0 Å². The van der Waals surface area contributed by atoms with Crippen LogP contribution in [-0.2, 0) is 4.74 Å². The maximum Gasteiger partial charge on any atom is 0.151 e. The van der Waals surface area contributed by atoms with Crippen LogP contribution < -0.4 is 0 Å². The molecule has 1 aliphatic rings. The Morgan fingerprint density at radius 2 is 1.83 bits per heavy atom. The second kappa shape index (κ2) is 5.51. The highest BCUT2D eigenvalue weighted by Crippen LogP contribution is 2.17. The van der Waals surface area contributed by atoms with Crippen molar-refractivity contribution in [3.63, 3.8) is 0 Å². The van der Waals surface area contributed by atoms with Gasteiger partial charge in [0.15, 0.2) is 6.29 Å². The van der Waals surface area contributed by atoms with Gasteiger partial charge in [-0.15, -0.1) is 0 Å². The molecular formula is C9H18O3. The minimum Gasteiger partial charge on any atom is -0.373 e. The van der Waals surface area contributed by atoms with Gasteiger partial charge in [0.1, 0.15) is 0 Å². The molecule has 0 spiro atoms. The average molecular weight is 174 g/mol. The number of unbranched alkanes of at least 4 members (excludes halogenated alkanes) is 3. The molecule has 0 aromatic carbocycles. The molecule has 3 nitrogen and oxygen atoms in total. The molecule has 1 fully saturated rings. The minimum atomic E-state index is -1.11. The molecule has 0 aliphatic carbocycles. The zero-order chi connectivity index (χ0) is 8.81. The van der Waals surface area contributed by atoms with Gasteiger partial charge in [-0.05, 0) is 19.3 Å². The van der Waals surface area contributed by atoms with Gasteiger partial charge in [0.2, 0.25) is 0 Å². The van der Waals surface area contributed by atoms with Crippen LogP contribution in [0.1, 0.15) is 38.5 Å². The molecule has 0 saturated carbocycles. The summed E-state index contributed by atoms with van der Waals surface area (Å²) < 4.78 is 5.07. The fourth-order valence-corrected chi connectivity index (χ4v) is 1.29. The number of hydrogen-bond donors (Lipinski definition) is 2. The van der Waals surface area contributed by atoms with Crippen LogP contribution in [0, 0.1) is 0 Å². The topological polar surface area (TPSA) is 53.0 Å². The van der Waals surface area contributed by atoms with E-state index in [1.54, 1.807) is 0 Å². The lowest BCUT2D eigenvalue weighted by Crippen LogP contribution is -2.02. The van der Waals surface area contributed by atoms with Gasteiger partial charge in [0.05, 0.1) is 12.7 Å². The molecule has 72 valence electrons. The molecule has 0 radical (unpaired) electrons. The summed E-state index contributed by atoms with van der Waals surface area (Å²) >= 11 is 0. The first-order chi connectivity index (χ1) is 5.79. The van der Waals surface area contributed by atoms with Crippen LogP contribution >= 0.6 is 0 Å². The highest BCUT2D eigenvalue weighted by molar-refractivity contribution is 4.68. The third kappa shape index (κ3) is 5.52. The molecule has 0 aromatic heterocycles. The van der Waals surface area contributed by atoms with Gasteiger partial charge < -0.3 is 14.9 Å². The Kier molecular flexibility index (Phi) is 4.58. The molecule has 1 aliphatic heterocycles. The van der Waals surface area contributed by atoms with Crippen LogP contribution in [0.25, 0.3) is 0 Å². The fourth-order valence-electron chi connectivity index (χ4n) is 1.29. The molecule has 0 bridgehead atoms. The van der Waals surface area contributed by atoms with Gasteiger partial charge in [0, 0.05) is 0 Å². The highest BCUT2D eigenvalue weighted by Gasteiger charge is 2.20. The van der Waals surface area contributed by atoms with Crippen molar-refractivity contribution in [2.45, 2.75) is 50.9 Å². The molecule has 1 saturated heterocycles. The van der Waals surface area contributed by atoms with Crippen molar-refractivity contribution < 1.29 is 14.9 Å². The van der Waals surface area contributed by atoms with Gasteiger partial charge >= 0.3 is 0 Å². The predicted molar refractivity (Wildman–Crippen MR) is 45.7 cm³/mol. The Balaban J connectivity index is 1.70. The van der Waals surface area contributed by atoms with E-state index in [9.17, 15) is 0 Å². The Hall–Kier alpha value is -0.120. The summed E-state index contributed by atoms with van der Waals surface area (Å²) in [6, 6.07) is 0. The number of epoxide rings is 1. The predicted octanol–water partition coefficient (Wildman–Crippen LogP) is 1.04. The number of ether oxygens (including phenoxy) is 1. The quantitative estimate of drug-likeness (QED) is 0.344. The summed E-state index contributed by atoms with van der Waals surface area (Å²) in [4.78, 5) is 0. The van der Waals surface area contributed by atoms with Crippen LogP contribution in [0.3, 0.4) is 0 Å². The van der Waals surface area contributed by atoms with Crippen LogP contribution in [0.15, 0.2) is 0 Å². The number of rotatable bonds is 7. The SMILES string of the molecule is OC(O)CCCCCCC1CO1. The second-order valence-electron chi connectivity index (χ2n) is 3.43. The van der Waals surface area contributed by atoms with Crippen molar-refractivity contribution in [1.82, 2.24) is 0 Å². The van der Waals surface area contributed by atoms with Crippen LogP contribution in [0.4, 0.5) is 0 Å². The smallest absolute Gasteiger partial charge is 0.151 e. The van der Waals surface area contributed by atoms with Crippen molar-refractivity contribution in [3.05, 3.63) is 0 Å². The number of hydrogen-bond acceptors (Lipinski definition) is 3. The lowest BCUT2D eigenvalue weighted by Gasteiger charge is -2.02. The Bertz CT molecular complexity index is 104. The standard InChI is InChI=1S/C9H18O3/c10-9(11)6-4-2-1-3-5-8-7-12-8/h8-11H,1-7H2. The summed E-state index contributed by atoms with van der Waals surface area (Å²) in [6.07, 6.45) is 5.55. The summed E-state index contributed by atoms with van der Waals surface area (Å²) in [7, 11) is 0. The van der Waals surface area contributed by atoms with E-state index < -0.39 is 6.29 Å². The van der Waals surface area contributed by atoms with Crippen molar-refractivity contribution in [2.24, 2.45) is 0 Å². The van der Waals surface area contributed by atoms with Crippen LogP contribution in [0.2, 0.25) is 0 Å². The fraction of sp³-hybridized carbons (Fsp3) is 1.00. The lowest BCUT2D eigenvalue weighted by molar-refractivity contribution is -0.0466. The van der Waals surface area contributed by atoms with Gasteiger partial charge in [0.25, 0.3) is 0 Å². The first-order valence-corrected chi connectivity index (χ1v) is 4.77. The van der Waals surface area contributed by atoms with E-state index in [-0.39, 0.29) is 0 Å². The van der Waals surface area contributed by atoms with E-state index in [0.29, 0.717) is 12.5 Å². The monoisotopic (exact) mass is 174 g/mol. The third-order valence-electron chi connectivity index (χ3n) is 2.14. The zero-order valence-corrected chi connectivity index (χ0v) is 7.41. The van der Waals surface area contributed by atoms with Crippen LogP contribution in [0.5, 0.6) is 0 Å². The van der Waals surface area contributed by atoms with E-state index in [2.05, 4.69) is 0 Å². The first-order valence-electron chi connectivity index (χ1n) is 4.77. The molecule has 12 heavy (non-hydrogen) atoms. The second-order valence-corrected chi connectivity index (χ2v) is 3.43. The van der Waals surface area contributed by atoms with E-state index in [1.165, 1.54) is 19.3 Å². The molecular weight excluding hydrogens is 156 g/mol. The van der Waals surface area contributed by atoms with Crippen molar-refractivity contribution in [3.8, 4) is 0 Å². The summed E-state index contributed by atoms with van der Waals surface area (Å²) in [5.74, 6) is 0. The minimum absolute atomic E-state index is 0.514. The molecule has 0 amide bonds. The zero-order valence-electron chi connectivity index (χ0n) is 7.41. The Labute approximate surface area is 73.4 Å². The Morgan fingerprint density at radius 3 is 2.42 bits per heavy atom. The van der Waals surface area contributed by atoms with Crippen molar-refractivity contribution in [2.75, 3.05) is 6.61 Å². The molecule has 1 atom stereocenters. The van der Waals surface area contributed by atoms with Crippen molar-refractivity contribution >= 4 is 0 Å². The summed E-state index contributed by atoms with van der Waals surface area (Å²) in [5.41, 5.74) is 0. The lowest BCUT2D eigenvalue weighted by atomic mass is 10.1. The summed E-state index contributed by atoms with van der Waals surface area (Å²) in [5, 5.41) is 17.1. The Morgan fingerprint density at radius 1 is 1.17 bits per heavy atom. The maximum atomic E-state index is 8.54. The van der Waals surface area contributed by atoms with Crippen molar-refractivity contribution in [1.29, 1.82) is 0 Å². The number of aliphatic hydroxyl groups excluding tert-OH is 1. The number of aliphatic hydroxyl groups is 2. The average Bonchev–Trinajstić information content (AvgIpc) is 2.79. The summed E-state index contributed by atoms with van der Waals surface area (Å²) in [6.45, 7) is 0.954. The molecule has 3 heteroatoms. The molecule has 1 rings (SSSR count). The van der Waals surface area contributed by atoms with E-state index in [4.69, 9.17) is 14.9 Å². The van der Waals surface area contributed by atoms with Gasteiger partial charge in [-0.25, -0.2) is 0 Å². The molecule has 0 aromatic rings. The van der Waals surface area contributed by atoms with E-state index in [0.717, 1.165) is 19.4 Å². The van der Waals surface area contributed by atoms with E-state index >= 15 is 0 Å². The van der Waals surface area contributed by atoms with Gasteiger partial charge in [-0.1, -0.05) is 19.3 Å². The molecule has 1 unspecified atom stereocenters. The van der Waals surface area contributed by atoms with Gasteiger partial charge in [-0.3, -0.25) is 0 Å². The normalized spacial score (nSPS) is 21.8. The third-order valence-corrected chi connectivity index (χ3v) is 2.14. The largest absolute Gasteiger partial charge is 0.373 e. The molecule has 1 heterocycles. The van der Waals surface area contributed by atoms with Crippen LogP contribution in [-0.4, -0.2) is 29.2 Å².